The van der Waals surface area contributed by atoms with Crippen molar-refractivity contribution >= 4 is 76.6 Å². The van der Waals surface area contributed by atoms with E-state index in [-0.39, 0.29) is 51.0 Å². The second kappa shape index (κ2) is 29.0. The van der Waals surface area contributed by atoms with Gasteiger partial charge in [0.25, 0.3) is 0 Å². The predicted molar refractivity (Wildman–Crippen MR) is 305 cm³/mol. The summed E-state index contributed by atoms with van der Waals surface area (Å²) in [6.07, 6.45) is 0.172. The molecule has 2 saturated carbocycles. The first kappa shape index (κ1) is 68.3. The molecule has 1 spiro atoms. The van der Waals surface area contributed by atoms with E-state index in [9.17, 15) is 61.1 Å². The molecule has 2 heterocycles. The maximum atomic E-state index is 15.1. The average Bonchev–Trinajstić information content (AvgIpc) is 3.27. The molecule has 22 nitrogen and oxygen atoms in total. The molecule has 84 heavy (non-hydrogen) atoms. The van der Waals surface area contributed by atoms with E-state index in [4.69, 9.17) is 11.6 Å². The highest BCUT2D eigenvalue weighted by Crippen LogP contribution is 2.37. The van der Waals surface area contributed by atoms with Gasteiger partial charge in [0.2, 0.25) is 65.0 Å². The van der Waals surface area contributed by atoms with Gasteiger partial charge in [0, 0.05) is 61.3 Å². The van der Waals surface area contributed by atoms with Crippen LogP contribution in [0.2, 0.25) is 5.02 Å². The number of halogens is 4. The molecule has 1 unspecified atom stereocenters. The van der Waals surface area contributed by atoms with E-state index in [1.807, 2.05) is 6.92 Å². The molecule has 4 fully saturated rings. The molecule has 4 aliphatic rings. The number of aryl methyl sites for hydroxylation is 1. The minimum Gasteiger partial charge on any atom is -0.351 e. The van der Waals surface area contributed by atoms with Gasteiger partial charge in [-0.05, 0) is 109 Å². The van der Waals surface area contributed by atoms with E-state index in [0.717, 1.165) is 44.6 Å². The third kappa shape index (κ3) is 16.3. The van der Waals surface area contributed by atoms with Gasteiger partial charge in [-0.25, -0.2) is 0 Å². The first-order valence-electron chi connectivity index (χ1n) is 29.2. The lowest BCUT2D eigenvalue weighted by Crippen LogP contribution is -2.64. The molecule has 2 aliphatic heterocycles. The summed E-state index contributed by atoms with van der Waals surface area (Å²) in [6, 6.07) is -5.92. The van der Waals surface area contributed by atoms with Crippen LogP contribution in [0.1, 0.15) is 136 Å². The van der Waals surface area contributed by atoms with Gasteiger partial charge in [0.15, 0.2) is 0 Å². The molecular formula is C58H87ClF3N11O11. The minimum atomic E-state index is -4.74. The maximum Gasteiger partial charge on any atom is 0.417 e. The Labute approximate surface area is 495 Å². The molecule has 1 aromatic rings. The predicted octanol–water partition coefficient (Wildman–Crippen LogP) is 3.11. The van der Waals surface area contributed by atoms with Gasteiger partial charge in [-0.15, -0.1) is 0 Å². The number of nitrogens with one attached hydrogen (secondary N) is 4. The molecule has 0 aromatic heterocycles. The van der Waals surface area contributed by atoms with Crippen molar-refractivity contribution in [2.24, 2.45) is 11.8 Å². The summed E-state index contributed by atoms with van der Waals surface area (Å²) in [5, 5.41) is 10.9. The standard InChI is InChI=1S/C58H87ClF3N11O11/c1-13-33(2)47-55(83)68(8)31-45(75)67(7)32-46(76)70(10)37(6)53(81)71(11)36(5)49(77)64-42(25-23-38-22-24-40(41(59)30-38)58(60,61)62)54(82)73-28-18-21-43(73)51(79)66-57(26-16-17-27-57)56(84)72(12)48(39-19-14-15-20-39)52(80)63-34(3)29-44(74)69(9)35(4)50(78)65-47/h22,24,30,33-37,39,42-43,47-48H,13-21,23,25-29,31-32H2,1-12H3,(H,63,80)(H,64,77)(H,65,78)(H,66,79)/t33-,34+,35-,36+,37-,42-,43?,47-,48-/m0/s1. The molecule has 0 bridgehead atoms. The van der Waals surface area contributed by atoms with Gasteiger partial charge in [0.05, 0.1) is 23.7 Å². The Hall–Kier alpha value is -6.53. The van der Waals surface area contributed by atoms with Crippen molar-refractivity contribution in [2.75, 3.05) is 61.9 Å². The van der Waals surface area contributed by atoms with Gasteiger partial charge in [0.1, 0.15) is 47.8 Å². The molecule has 468 valence electrons. The number of hydrogen-bond donors (Lipinski definition) is 4. The van der Waals surface area contributed by atoms with Crippen molar-refractivity contribution in [1.29, 1.82) is 0 Å². The number of nitrogens with zero attached hydrogens (tertiary/aromatic N) is 7. The van der Waals surface area contributed by atoms with Crippen molar-refractivity contribution in [3.63, 3.8) is 0 Å². The van der Waals surface area contributed by atoms with Crippen molar-refractivity contribution in [3.05, 3.63) is 34.3 Å². The van der Waals surface area contributed by atoms with Crippen molar-refractivity contribution in [2.45, 2.75) is 191 Å². The molecule has 9 atom stereocenters. The summed E-state index contributed by atoms with van der Waals surface area (Å²) in [5.74, 6) is -7.70. The first-order valence-corrected chi connectivity index (χ1v) is 29.6. The van der Waals surface area contributed by atoms with Crippen molar-refractivity contribution in [3.8, 4) is 0 Å². The summed E-state index contributed by atoms with van der Waals surface area (Å²) in [6.45, 7) is 8.51. The second-order valence-corrected chi connectivity index (χ2v) is 24.1. The molecule has 2 saturated heterocycles. The zero-order chi connectivity index (χ0) is 62.9. The van der Waals surface area contributed by atoms with Crippen LogP contribution in [0.5, 0.6) is 0 Å². The lowest BCUT2D eigenvalue weighted by molar-refractivity contribution is -0.150. The van der Waals surface area contributed by atoms with E-state index < -0.39 is 155 Å². The number of alkyl halides is 3. The van der Waals surface area contributed by atoms with Gasteiger partial charge in [-0.2, -0.15) is 13.2 Å². The normalized spacial score (nSPS) is 28.0. The zero-order valence-electron chi connectivity index (χ0n) is 50.7. The second-order valence-electron chi connectivity index (χ2n) is 23.7. The Kier molecular flexibility index (Phi) is 23.6. The first-order chi connectivity index (χ1) is 39.3. The Morgan fingerprint density at radius 3 is 1.82 bits per heavy atom. The van der Waals surface area contributed by atoms with Gasteiger partial charge in [-0.3, -0.25) is 52.7 Å². The number of likely N-dealkylation sites (N-methyl/N-ethyl adjacent to an activating group) is 6. The highest BCUT2D eigenvalue weighted by molar-refractivity contribution is 6.31. The topological polar surface area (TPSA) is 259 Å². The number of amides is 11. The summed E-state index contributed by atoms with van der Waals surface area (Å²) in [5.41, 5.74) is -2.24. The van der Waals surface area contributed by atoms with Gasteiger partial charge >= 0.3 is 6.18 Å². The lowest BCUT2D eigenvalue weighted by Gasteiger charge is -2.40. The third-order valence-corrected chi connectivity index (χ3v) is 18.1. The Balaban J connectivity index is 1.50. The van der Waals surface area contributed by atoms with Crippen LogP contribution >= 0.6 is 11.6 Å². The number of carbonyl (C=O) groups is 11. The monoisotopic (exact) mass is 1210 g/mol. The van der Waals surface area contributed by atoms with Crippen LogP contribution in [0.25, 0.3) is 0 Å². The average molecular weight is 1210 g/mol. The van der Waals surface area contributed by atoms with Crippen LogP contribution in [-0.4, -0.2) is 215 Å². The number of hydrogen-bond acceptors (Lipinski definition) is 11. The quantitative estimate of drug-likeness (QED) is 0.322. The largest absolute Gasteiger partial charge is 0.417 e. The number of rotatable bonds is 6. The van der Waals surface area contributed by atoms with E-state index in [0.29, 0.717) is 44.1 Å². The fourth-order valence-corrected chi connectivity index (χ4v) is 12.0. The Morgan fingerprint density at radius 1 is 0.643 bits per heavy atom. The smallest absolute Gasteiger partial charge is 0.351 e. The van der Waals surface area contributed by atoms with Crippen LogP contribution in [0, 0.1) is 11.8 Å². The minimum absolute atomic E-state index is 0.0584. The molecule has 2 aliphatic carbocycles. The van der Waals surface area contributed by atoms with E-state index in [1.54, 1.807) is 13.8 Å². The van der Waals surface area contributed by atoms with Crippen LogP contribution in [0.15, 0.2) is 18.2 Å². The molecule has 4 N–H and O–H groups in total. The zero-order valence-corrected chi connectivity index (χ0v) is 51.4. The van der Waals surface area contributed by atoms with E-state index in [2.05, 4.69) is 21.3 Å². The summed E-state index contributed by atoms with van der Waals surface area (Å²) < 4.78 is 41.1. The number of fused-ring (bicyclic) bond motifs is 1. The van der Waals surface area contributed by atoms with Crippen LogP contribution in [-0.2, 0) is 65.3 Å². The summed E-state index contributed by atoms with van der Waals surface area (Å²) in [4.78, 5) is 165. The Morgan fingerprint density at radius 2 is 1.23 bits per heavy atom. The molecule has 5 rings (SSSR count). The molecule has 26 heteroatoms. The number of benzene rings is 1. The molecule has 1 aromatic carbocycles. The summed E-state index contributed by atoms with van der Waals surface area (Å²) >= 11 is 6.07. The van der Waals surface area contributed by atoms with E-state index in [1.165, 1.54) is 83.8 Å². The van der Waals surface area contributed by atoms with Crippen LogP contribution < -0.4 is 21.3 Å². The van der Waals surface area contributed by atoms with Crippen molar-refractivity contribution in [1.82, 2.24) is 55.6 Å². The third-order valence-electron chi connectivity index (χ3n) is 17.8. The summed E-state index contributed by atoms with van der Waals surface area (Å²) in [7, 11) is 8.29. The van der Waals surface area contributed by atoms with Gasteiger partial charge in [-0.1, -0.05) is 63.6 Å². The molecule has 11 amide bonds. The maximum absolute atomic E-state index is 15.1. The number of carbonyl (C=O) groups excluding carboxylic acids is 11. The highest BCUT2D eigenvalue weighted by Gasteiger charge is 2.50. The van der Waals surface area contributed by atoms with Crippen LogP contribution in [0.3, 0.4) is 0 Å². The lowest BCUT2D eigenvalue weighted by atomic mass is 9.90. The van der Waals surface area contributed by atoms with E-state index >= 15 is 4.79 Å². The molecule has 0 radical (unpaired) electrons. The fraction of sp³-hybridized carbons (Fsp3) is 0.707. The Bertz CT molecular complexity index is 2630. The fourth-order valence-electron chi connectivity index (χ4n) is 11.7. The SMILES string of the molecule is CC[C@H](C)[C@@H]1NC(=O)[C@H](C)N(C)C(=O)C[C@@H](C)NC(=O)[C@H](C2CCCC2)N(C)C(=O)C2(CCCC2)NC(=O)C2CCCN2C(=O)[C@H](CCc2ccc(C(F)(F)F)c(Cl)c2)NC(=O)[C@@H](C)N(C)C(=O)[C@H](C)N(C)C(=O)CN(C)C(=O)CN(C)C1=O. The van der Waals surface area contributed by atoms with Crippen molar-refractivity contribution < 1.29 is 65.9 Å². The van der Waals surface area contributed by atoms with Crippen LogP contribution in [0.4, 0.5) is 13.2 Å². The molecular weight excluding hydrogens is 1120 g/mol. The highest BCUT2D eigenvalue weighted by atomic mass is 35.5. The van der Waals surface area contributed by atoms with Gasteiger partial charge < -0.3 is 55.6 Å².